The van der Waals surface area contributed by atoms with Crippen molar-refractivity contribution in [3.05, 3.63) is 51.3 Å². The minimum absolute atomic E-state index is 0.0788. The van der Waals surface area contributed by atoms with Gasteiger partial charge in [-0.1, -0.05) is 18.5 Å². The highest BCUT2D eigenvalue weighted by Crippen LogP contribution is 2.32. The van der Waals surface area contributed by atoms with Crippen molar-refractivity contribution < 1.29 is 17.9 Å². The van der Waals surface area contributed by atoms with Crippen LogP contribution in [0.25, 0.3) is 22.2 Å². The molecule has 0 unspecified atom stereocenters. The summed E-state index contributed by atoms with van der Waals surface area (Å²) >= 11 is 5.91. The molecule has 3 heterocycles. The van der Waals surface area contributed by atoms with E-state index >= 15 is 0 Å². The maximum atomic E-state index is 14.9. The van der Waals surface area contributed by atoms with Crippen LogP contribution in [0.3, 0.4) is 0 Å². The number of halogens is 4. The van der Waals surface area contributed by atoms with Crippen LogP contribution in [0.15, 0.2) is 29.1 Å². The summed E-state index contributed by atoms with van der Waals surface area (Å²) in [4.78, 5) is 24.1. The number of aromatic nitrogens is 3. The summed E-state index contributed by atoms with van der Waals surface area (Å²) in [5.74, 6) is 0.199. The average molecular weight is 467 g/mol. The van der Waals surface area contributed by atoms with Gasteiger partial charge in [-0.2, -0.15) is 0 Å². The molecule has 0 saturated carbocycles. The van der Waals surface area contributed by atoms with Crippen molar-refractivity contribution in [2.75, 3.05) is 24.6 Å². The lowest BCUT2D eigenvalue weighted by Gasteiger charge is -2.33. The number of hydrogen-bond donors (Lipinski definition) is 0. The summed E-state index contributed by atoms with van der Waals surface area (Å²) in [5.41, 5.74) is 0.194. The number of morpholine rings is 1. The van der Waals surface area contributed by atoms with Crippen LogP contribution in [0, 0.1) is 12.7 Å². The molecule has 0 bridgehead atoms. The van der Waals surface area contributed by atoms with Gasteiger partial charge in [-0.15, -0.1) is 0 Å². The first-order chi connectivity index (χ1) is 15.3. The molecular formula is C22H22ClF3N4O2. The van der Waals surface area contributed by atoms with Crippen molar-refractivity contribution in [2.24, 2.45) is 0 Å². The molecule has 1 atom stereocenters. The Labute approximate surface area is 187 Å². The van der Waals surface area contributed by atoms with Gasteiger partial charge in [0.1, 0.15) is 23.6 Å². The zero-order chi connectivity index (χ0) is 23.0. The summed E-state index contributed by atoms with van der Waals surface area (Å²) in [6.07, 6.45) is -3.19. The number of rotatable bonds is 5. The first-order valence-electron chi connectivity index (χ1n) is 10.3. The second kappa shape index (κ2) is 9.07. The molecule has 0 amide bonds. The number of ether oxygens (including phenoxy) is 1. The van der Waals surface area contributed by atoms with Crippen LogP contribution >= 0.6 is 11.6 Å². The molecule has 0 radical (unpaired) electrons. The Kier molecular flexibility index (Phi) is 6.39. The maximum Gasteiger partial charge on any atom is 0.266 e. The van der Waals surface area contributed by atoms with E-state index in [0.29, 0.717) is 36.7 Å². The number of aryl methyl sites for hydroxylation is 1. The molecule has 1 fully saturated rings. The van der Waals surface area contributed by atoms with Crippen LogP contribution in [-0.4, -0.2) is 46.8 Å². The smallest absolute Gasteiger partial charge is 0.266 e. The largest absolute Gasteiger partial charge is 0.369 e. The van der Waals surface area contributed by atoms with Gasteiger partial charge in [0.2, 0.25) is 0 Å². The van der Waals surface area contributed by atoms with Crippen molar-refractivity contribution in [1.82, 2.24) is 14.5 Å². The summed E-state index contributed by atoms with van der Waals surface area (Å²) < 4.78 is 48.0. The molecule has 0 aliphatic carbocycles. The van der Waals surface area contributed by atoms with Gasteiger partial charge in [0.05, 0.1) is 29.7 Å². The van der Waals surface area contributed by atoms with E-state index in [2.05, 4.69) is 9.97 Å². The van der Waals surface area contributed by atoms with Crippen molar-refractivity contribution >= 4 is 28.3 Å². The molecule has 2 aromatic heterocycles. The highest BCUT2D eigenvalue weighted by Gasteiger charge is 2.30. The molecule has 1 aliphatic heterocycles. The Balaban J connectivity index is 1.97. The summed E-state index contributed by atoms with van der Waals surface area (Å²) in [6.45, 7) is 4.47. The van der Waals surface area contributed by atoms with E-state index in [1.54, 1.807) is 17.9 Å². The minimum atomic E-state index is -2.65. The fourth-order valence-corrected chi connectivity index (χ4v) is 4.05. The number of nitrogens with zero attached hydrogens (tertiary/aromatic N) is 4. The Bertz CT molecular complexity index is 1220. The molecule has 1 aliphatic rings. The molecule has 0 spiro atoms. The average Bonchev–Trinajstić information content (AvgIpc) is 2.76. The molecule has 1 saturated heterocycles. The van der Waals surface area contributed by atoms with E-state index in [0.717, 1.165) is 6.07 Å². The normalized spacial score (nSPS) is 16.8. The van der Waals surface area contributed by atoms with Crippen molar-refractivity contribution in [3.8, 4) is 11.3 Å². The third-order valence-electron chi connectivity index (χ3n) is 5.45. The first kappa shape index (κ1) is 22.5. The van der Waals surface area contributed by atoms with Gasteiger partial charge in [-0.3, -0.25) is 9.36 Å². The van der Waals surface area contributed by atoms with E-state index in [9.17, 15) is 18.0 Å². The maximum absolute atomic E-state index is 14.9. The third-order valence-corrected chi connectivity index (χ3v) is 5.68. The zero-order valence-corrected chi connectivity index (χ0v) is 18.4. The standard InChI is InChI=1S/C22H22ClF3N4O2/c1-3-6-30-12(2)27-16-10-18(29-7-8-32-17(11-29)21(25)26)28-20(19(16)22(30)31)14-5-4-13(23)9-15(14)24/h4-5,9-10,17,21H,3,6-8,11H2,1-2H3/t17-/m0/s1. The van der Waals surface area contributed by atoms with Crippen molar-refractivity contribution in [3.63, 3.8) is 0 Å². The number of anilines is 1. The Hall–Kier alpha value is -2.65. The predicted molar refractivity (Wildman–Crippen MR) is 117 cm³/mol. The predicted octanol–water partition coefficient (Wildman–Crippen LogP) is 4.44. The Morgan fingerprint density at radius 3 is 2.75 bits per heavy atom. The monoisotopic (exact) mass is 466 g/mol. The summed E-state index contributed by atoms with van der Waals surface area (Å²) in [6, 6.07) is 5.69. The van der Waals surface area contributed by atoms with Crippen LogP contribution in [0.1, 0.15) is 19.2 Å². The summed E-state index contributed by atoms with van der Waals surface area (Å²) in [5, 5.41) is 0.379. The lowest BCUT2D eigenvalue weighted by atomic mass is 10.1. The first-order valence-corrected chi connectivity index (χ1v) is 10.7. The quantitative estimate of drug-likeness (QED) is 0.556. The Morgan fingerprint density at radius 1 is 1.28 bits per heavy atom. The molecule has 6 nitrogen and oxygen atoms in total. The van der Waals surface area contributed by atoms with E-state index < -0.39 is 18.3 Å². The Morgan fingerprint density at radius 2 is 2.06 bits per heavy atom. The molecular weight excluding hydrogens is 445 g/mol. The molecule has 0 N–H and O–H groups in total. The van der Waals surface area contributed by atoms with E-state index in [1.807, 2.05) is 6.92 Å². The number of alkyl halides is 2. The zero-order valence-electron chi connectivity index (χ0n) is 17.6. The minimum Gasteiger partial charge on any atom is -0.369 e. The van der Waals surface area contributed by atoms with Crippen LogP contribution in [-0.2, 0) is 11.3 Å². The van der Waals surface area contributed by atoms with E-state index in [4.69, 9.17) is 16.3 Å². The van der Waals surface area contributed by atoms with Gasteiger partial charge < -0.3 is 9.64 Å². The molecule has 10 heteroatoms. The van der Waals surface area contributed by atoms with E-state index in [1.165, 1.54) is 16.7 Å². The highest BCUT2D eigenvalue weighted by atomic mass is 35.5. The van der Waals surface area contributed by atoms with Gasteiger partial charge in [0, 0.05) is 29.7 Å². The van der Waals surface area contributed by atoms with Crippen molar-refractivity contribution in [2.45, 2.75) is 39.3 Å². The van der Waals surface area contributed by atoms with Gasteiger partial charge in [-0.25, -0.2) is 23.1 Å². The highest BCUT2D eigenvalue weighted by molar-refractivity contribution is 6.30. The van der Waals surface area contributed by atoms with E-state index in [-0.39, 0.29) is 40.4 Å². The molecule has 1 aromatic carbocycles. The van der Waals surface area contributed by atoms with Crippen LogP contribution < -0.4 is 10.5 Å². The van der Waals surface area contributed by atoms with Gasteiger partial charge >= 0.3 is 0 Å². The number of fused-ring (bicyclic) bond motifs is 1. The van der Waals surface area contributed by atoms with Crippen LogP contribution in [0.4, 0.5) is 19.0 Å². The number of hydrogen-bond acceptors (Lipinski definition) is 5. The second-order valence-electron chi connectivity index (χ2n) is 7.65. The number of pyridine rings is 1. The van der Waals surface area contributed by atoms with Gasteiger partial charge in [0.25, 0.3) is 12.0 Å². The van der Waals surface area contributed by atoms with Crippen LogP contribution in [0.5, 0.6) is 0 Å². The van der Waals surface area contributed by atoms with Crippen molar-refractivity contribution in [1.29, 1.82) is 0 Å². The molecule has 170 valence electrons. The van der Waals surface area contributed by atoms with Crippen LogP contribution in [0.2, 0.25) is 5.02 Å². The van der Waals surface area contributed by atoms with Gasteiger partial charge in [0.15, 0.2) is 0 Å². The SMILES string of the molecule is CCCn1c(C)nc2cc(N3CCO[C@H](C(F)F)C3)nc(-c3ccc(Cl)cc3F)c2c1=O. The molecule has 32 heavy (non-hydrogen) atoms. The molecule has 3 aromatic rings. The third kappa shape index (κ3) is 4.19. The fraction of sp³-hybridized carbons (Fsp3) is 0.409. The lowest BCUT2D eigenvalue weighted by Crippen LogP contribution is -2.46. The second-order valence-corrected chi connectivity index (χ2v) is 8.09. The van der Waals surface area contributed by atoms with Gasteiger partial charge in [-0.05, 0) is 31.5 Å². The fourth-order valence-electron chi connectivity index (χ4n) is 3.90. The topological polar surface area (TPSA) is 60.3 Å². The molecule has 4 rings (SSSR count). The number of benzene rings is 1. The summed E-state index contributed by atoms with van der Waals surface area (Å²) in [7, 11) is 0. The lowest BCUT2D eigenvalue weighted by molar-refractivity contribution is -0.0615.